The van der Waals surface area contributed by atoms with Crippen molar-refractivity contribution in [2.75, 3.05) is 0 Å². The number of aromatic nitrogens is 2. The summed E-state index contributed by atoms with van der Waals surface area (Å²) in [6.07, 6.45) is 2.08. The van der Waals surface area contributed by atoms with E-state index in [0.29, 0.717) is 22.1 Å². The lowest BCUT2D eigenvalue weighted by molar-refractivity contribution is -0.0731. The Morgan fingerprint density at radius 1 is 1.42 bits per heavy atom. The van der Waals surface area contributed by atoms with Gasteiger partial charge in [0.25, 0.3) is 5.92 Å². The van der Waals surface area contributed by atoms with Crippen LogP contribution in [0, 0.1) is 20.7 Å². The Hall–Kier alpha value is -1.76. The SMILES string of the molecule is Cn1ncc(I)c1-c1c(F)cc2c(c1C#N)OC1(CC1)CC2(F)F. The molecule has 4 nitrogen and oxygen atoms in total. The van der Waals surface area contributed by atoms with Crippen molar-refractivity contribution in [3.05, 3.63) is 32.8 Å². The fourth-order valence-corrected chi connectivity index (χ4v) is 3.95. The molecule has 0 atom stereocenters. The molecular weight excluding hydrogens is 434 g/mol. The van der Waals surface area contributed by atoms with Gasteiger partial charge in [-0.15, -0.1) is 0 Å². The van der Waals surface area contributed by atoms with E-state index in [-0.39, 0.29) is 16.9 Å². The van der Waals surface area contributed by atoms with E-state index in [1.54, 1.807) is 7.05 Å². The Kier molecular flexibility index (Phi) is 3.20. The summed E-state index contributed by atoms with van der Waals surface area (Å²) in [5.74, 6) is -4.28. The summed E-state index contributed by atoms with van der Waals surface area (Å²) < 4.78 is 51.5. The van der Waals surface area contributed by atoms with E-state index in [1.807, 2.05) is 28.7 Å². The van der Waals surface area contributed by atoms with Crippen LogP contribution in [-0.4, -0.2) is 15.4 Å². The first-order valence-corrected chi connectivity index (χ1v) is 8.38. The Balaban J connectivity index is 2.04. The van der Waals surface area contributed by atoms with E-state index in [9.17, 15) is 18.4 Å². The van der Waals surface area contributed by atoms with E-state index < -0.39 is 29.3 Å². The van der Waals surface area contributed by atoms with Crippen LogP contribution < -0.4 is 4.74 Å². The normalized spacial score (nSPS) is 19.5. The quantitative estimate of drug-likeness (QED) is 0.622. The summed E-state index contributed by atoms with van der Waals surface area (Å²) in [6, 6.07) is 2.66. The van der Waals surface area contributed by atoms with Gasteiger partial charge >= 0.3 is 0 Å². The first kappa shape index (κ1) is 15.7. The molecule has 0 unspecified atom stereocenters. The Labute approximate surface area is 149 Å². The highest BCUT2D eigenvalue weighted by Crippen LogP contribution is 2.58. The van der Waals surface area contributed by atoms with Crippen LogP contribution >= 0.6 is 22.6 Å². The van der Waals surface area contributed by atoms with Crippen molar-refractivity contribution in [2.24, 2.45) is 7.05 Å². The van der Waals surface area contributed by atoms with Crippen LogP contribution in [0.1, 0.15) is 30.4 Å². The second-order valence-corrected chi connectivity index (χ2v) is 7.39. The zero-order valence-corrected chi connectivity index (χ0v) is 14.7. The van der Waals surface area contributed by atoms with Gasteiger partial charge in [-0.3, -0.25) is 4.68 Å². The van der Waals surface area contributed by atoms with Gasteiger partial charge in [0, 0.05) is 7.05 Å². The molecule has 0 radical (unpaired) electrons. The molecule has 1 aromatic heterocycles. The molecule has 124 valence electrons. The van der Waals surface area contributed by atoms with Crippen LogP contribution in [0.15, 0.2) is 12.3 Å². The topological polar surface area (TPSA) is 50.8 Å². The summed E-state index contributed by atoms with van der Waals surface area (Å²) in [5, 5.41) is 13.6. The lowest BCUT2D eigenvalue weighted by Gasteiger charge is -2.33. The molecule has 0 bridgehead atoms. The molecule has 8 heteroatoms. The Morgan fingerprint density at radius 2 is 2.12 bits per heavy atom. The summed E-state index contributed by atoms with van der Waals surface area (Å²) >= 11 is 1.97. The van der Waals surface area contributed by atoms with Crippen LogP contribution in [0.2, 0.25) is 0 Å². The highest BCUT2D eigenvalue weighted by molar-refractivity contribution is 14.1. The average Bonchev–Trinajstić information content (AvgIpc) is 3.16. The third-order valence-electron chi connectivity index (χ3n) is 4.54. The summed E-state index contributed by atoms with van der Waals surface area (Å²) in [6.45, 7) is 0. The van der Waals surface area contributed by atoms with Crippen molar-refractivity contribution >= 4 is 22.6 Å². The first-order chi connectivity index (χ1) is 11.3. The van der Waals surface area contributed by atoms with Crippen molar-refractivity contribution < 1.29 is 17.9 Å². The van der Waals surface area contributed by atoms with Gasteiger partial charge in [0.15, 0.2) is 0 Å². The predicted molar refractivity (Wildman–Crippen MR) is 87.1 cm³/mol. The average molecular weight is 445 g/mol. The molecule has 0 saturated heterocycles. The summed E-state index contributed by atoms with van der Waals surface area (Å²) in [4.78, 5) is 0. The molecule has 0 amide bonds. The van der Waals surface area contributed by atoms with E-state index in [2.05, 4.69) is 5.10 Å². The van der Waals surface area contributed by atoms with Gasteiger partial charge < -0.3 is 4.74 Å². The number of nitrogens with zero attached hydrogens (tertiary/aromatic N) is 3. The second kappa shape index (κ2) is 4.88. The fourth-order valence-electron chi connectivity index (χ4n) is 3.21. The maximum Gasteiger partial charge on any atom is 0.280 e. The van der Waals surface area contributed by atoms with Crippen LogP contribution in [0.4, 0.5) is 13.2 Å². The standard InChI is InChI=1S/C16H11F3IN3O/c1-23-13(11(20)6-22-23)12-8(5-21)14-9(4-10(12)17)16(18,19)7-15(24-14)2-3-15/h4,6H,2-3,7H2,1H3. The van der Waals surface area contributed by atoms with Gasteiger partial charge in [-0.2, -0.15) is 10.4 Å². The third kappa shape index (κ3) is 2.13. The largest absolute Gasteiger partial charge is 0.485 e. The van der Waals surface area contributed by atoms with Crippen molar-refractivity contribution in [1.29, 1.82) is 5.26 Å². The lowest BCUT2D eigenvalue weighted by Crippen LogP contribution is -2.35. The minimum absolute atomic E-state index is 0.0471. The van der Waals surface area contributed by atoms with Crippen LogP contribution in [-0.2, 0) is 13.0 Å². The Morgan fingerprint density at radius 3 is 2.67 bits per heavy atom. The second-order valence-electron chi connectivity index (χ2n) is 6.23. The molecule has 1 aromatic carbocycles. The predicted octanol–water partition coefficient (Wildman–Crippen LogP) is 4.11. The van der Waals surface area contributed by atoms with E-state index in [0.717, 1.165) is 6.07 Å². The zero-order valence-electron chi connectivity index (χ0n) is 12.5. The maximum atomic E-state index is 14.7. The number of aryl methyl sites for hydroxylation is 1. The number of benzene rings is 1. The molecule has 1 saturated carbocycles. The van der Waals surface area contributed by atoms with Gasteiger partial charge in [-0.1, -0.05) is 0 Å². The summed E-state index contributed by atoms with van der Waals surface area (Å²) in [5.41, 5.74) is -1.34. The van der Waals surface area contributed by atoms with E-state index in [1.165, 1.54) is 10.9 Å². The number of rotatable bonds is 1. The highest BCUT2D eigenvalue weighted by atomic mass is 127. The number of ether oxygens (including phenoxy) is 1. The monoisotopic (exact) mass is 445 g/mol. The molecule has 2 aromatic rings. The molecule has 1 spiro atoms. The minimum Gasteiger partial charge on any atom is -0.485 e. The van der Waals surface area contributed by atoms with Crippen molar-refractivity contribution in [1.82, 2.24) is 9.78 Å². The molecule has 1 aliphatic heterocycles. The van der Waals surface area contributed by atoms with Crippen molar-refractivity contribution in [3.8, 4) is 23.1 Å². The van der Waals surface area contributed by atoms with Crippen molar-refractivity contribution in [3.63, 3.8) is 0 Å². The van der Waals surface area contributed by atoms with Gasteiger partial charge in [0.05, 0.1) is 33.0 Å². The molecule has 1 aliphatic carbocycles. The molecule has 24 heavy (non-hydrogen) atoms. The van der Waals surface area contributed by atoms with E-state index in [4.69, 9.17) is 4.74 Å². The van der Waals surface area contributed by atoms with E-state index >= 15 is 0 Å². The molecule has 0 N–H and O–H groups in total. The first-order valence-electron chi connectivity index (χ1n) is 7.30. The summed E-state index contributed by atoms with van der Waals surface area (Å²) in [7, 11) is 1.61. The highest BCUT2D eigenvalue weighted by Gasteiger charge is 2.58. The van der Waals surface area contributed by atoms with Gasteiger partial charge in [0.2, 0.25) is 0 Å². The van der Waals surface area contributed by atoms with Crippen LogP contribution in [0.5, 0.6) is 5.75 Å². The number of fused-ring (bicyclic) bond motifs is 1. The van der Waals surface area contributed by atoms with Crippen LogP contribution in [0.3, 0.4) is 0 Å². The smallest absolute Gasteiger partial charge is 0.280 e. The number of alkyl halides is 2. The van der Waals surface area contributed by atoms with Gasteiger partial charge in [-0.05, 0) is 41.5 Å². The number of halogens is 4. The van der Waals surface area contributed by atoms with Gasteiger partial charge in [0.1, 0.15) is 28.8 Å². The molecule has 2 heterocycles. The minimum atomic E-state index is -3.21. The third-order valence-corrected chi connectivity index (χ3v) is 5.33. The number of hydrogen-bond acceptors (Lipinski definition) is 3. The van der Waals surface area contributed by atoms with Crippen LogP contribution in [0.25, 0.3) is 11.3 Å². The number of nitriles is 1. The molecule has 1 fully saturated rings. The molecule has 4 rings (SSSR count). The fraction of sp³-hybridized carbons (Fsp3) is 0.375. The zero-order chi connectivity index (χ0) is 17.3. The molecule has 2 aliphatic rings. The number of hydrogen-bond donors (Lipinski definition) is 0. The Bertz CT molecular complexity index is 893. The maximum absolute atomic E-state index is 14.7. The lowest BCUT2D eigenvalue weighted by atomic mass is 9.91. The van der Waals surface area contributed by atoms with Gasteiger partial charge in [-0.25, -0.2) is 13.2 Å². The van der Waals surface area contributed by atoms with Crippen molar-refractivity contribution in [2.45, 2.75) is 30.8 Å². The molecular formula is C16H11F3IN3O.